The minimum atomic E-state index is -0.198. The number of aromatic nitrogens is 2. The van der Waals surface area contributed by atoms with E-state index in [0.29, 0.717) is 43.6 Å². The molecule has 0 radical (unpaired) electrons. The number of carbonyl (C=O) groups is 1. The third kappa shape index (κ3) is 5.30. The molecule has 2 saturated carbocycles. The number of benzene rings is 1. The molecule has 2 saturated heterocycles. The molecule has 38 heavy (non-hydrogen) atoms. The van der Waals surface area contributed by atoms with Gasteiger partial charge in [-0.1, -0.05) is 44.2 Å². The first kappa shape index (κ1) is 26.0. The lowest BCUT2D eigenvalue weighted by atomic mass is 9.73. The molecule has 1 aromatic carbocycles. The van der Waals surface area contributed by atoms with Gasteiger partial charge in [0.1, 0.15) is 5.69 Å². The molecule has 3 heterocycles. The summed E-state index contributed by atoms with van der Waals surface area (Å²) in [5, 5.41) is 0. The molecular formula is C32H45N3O3. The van der Waals surface area contributed by atoms with Crippen molar-refractivity contribution in [1.29, 1.82) is 0 Å². The van der Waals surface area contributed by atoms with Gasteiger partial charge < -0.3 is 9.30 Å². The summed E-state index contributed by atoms with van der Waals surface area (Å²) in [6.45, 7) is 2.21. The standard InChI is InChI=1S/C32H45N3O3/c1-2-38-31(36)16-8-14-29-32(37)35(30-15-6-5-13-28(30)33-29)27-20-24-11-7-12-25(21-27)34(24)26-18-22-9-3-4-10-23(17-22)19-26/h5-6,13,15,22-27H,2-4,7-12,14,16-21H2,1H3/t22-,23-,24-,25-/m1/s1. The van der Waals surface area contributed by atoms with Gasteiger partial charge in [0.05, 0.1) is 17.6 Å². The Morgan fingerprint density at radius 1 is 0.895 bits per heavy atom. The highest BCUT2D eigenvalue weighted by Gasteiger charge is 2.45. The number of piperidine rings is 2. The molecular weight excluding hydrogens is 474 g/mol. The van der Waals surface area contributed by atoms with E-state index in [0.717, 1.165) is 41.8 Å². The molecule has 4 atom stereocenters. The van der Waals surface area contributed by atoms with Crippen molar-refractivity contribution in [3.8, 4) is 0 Å². The fourth-order valence-electron chi connectivity index (χ4n) is 8.67. The first-order valence-corrected chi connectivity index (χ1v) is 15.5. The van der Waals surface area contributed by atoms with Gasteiger partial charge in [-0.3, -0.25) is 14.5 Å². The summed E-state index contributed by atoms with van der Waals surface area (Å²) in [4.78, 5) is 33.5. The molecule has 4 bridgehead atoms. The Morgan fingerprint density at radius 3 is 2.32 bits per heavy atom. The van der Waals surface area contributed by atoms with Crippen LogP contribution in [0.3, 0.4) is 0 Å². The van der Waals surface area contributed by atoms with Crippen LogP contribution in [-0.2, 0) is 16.0 Å². The third-order valence-corrected chi connectivity index (χ3v) is 10.1. The van der Waals surface area contributed by atoms with E-state index in [4.69, 9.17) is 9.72 Å². The first-order valence-electron chi connectivity index (χ1n) is 15.5. The fraction of sp³-hybridized carbons (Fsp3) is 0.719. The third-order valence-electron chi connectivity index (χ3n) is 10.1. The second-order valence-electron chi connectivity index (χ2n) is 12.6. The summed E-state index contributed by atoms with van der Waals surface area (Å²) in [6, 6.07) is 10.3. The zero-order valence-corrected chi connectivity index (χ0v) is 23.2. The van der Waals surface area contributed by atoms with Crippen molar-refractivity contribution in [2.24, 2.45) is 11.8 Å². The van der Waals surface area contributed by atoms with Crippen LogP contribution in [0.5, 0.6) is 0 Å². The van der Waals surface area contributed by atoms with Crippen LogP contribution >= 0.6 is 0 Å². The number of aryl methyl sites for hydroxylation is 1. The van der Waals surface area contributed by atoms with Crippen LogP contribution in [0.25, 0.3) is 11.0 Å². The van der Waals surface area contributed by atoms with Crippen molar-refractivity contribution >= 4 is 17.0 Å². The Morgan fingerprint density at radius 2 is 1.61 bits per heavy atom. The summed E-state index contributed by atoms with van der Waals surface area (Å²) in [5.74, 6) is 1.67. The predicted molar refractivity (Wildman–Crippen MR) is 150 cm³/mol. The normalized spacial score (nSPS) is 31.6. The Hall–Kier alpha value is -2.21. The number of ether oxygens (including phenoxy) is 1. The number of esters is 1. The van der Waals surface area contributed by atoms with E-state index < -0.39 is 0 Å². The molecule has 2 aliphatic carbocycles. The highest BCUT2D eigenvalue weighted by molar-refractivity contribution is 5.75. The van der Waals surface area contributed by atoms with Gasteiger partial charge in [-0.05, 0) is 88.7 Å². The fourth-order valence-corrected chi connectivity index (χ4v) is 8.67. The van der Waals surface area contributed by atoms with E-state index in [1.165, 1.54) is 64.2 Å². The Bertz CT molecular complexity index is 1160. The quantitative estimate of drug-likeness (QED) is 0.408. The van der Waals surface area contributed by atoms with Crippen molar-refractivity contribution < 1.29 is 9.53 Å². The topological polar surface area (TPSA) is 64.4 Å². The predicted octanol–water partition coefficient (Wildman–Crippen LogP) is 6.20. The van der Waals surface area contributed by atoms with Crippen LogP contribution in [0, 0.1) is 11.8 Å². The number of carbonyl (C=O) groups excluding carboxylic acids is 1. The average molecular weight is 520 g/mol. The van der Waals surface area contributed by atoms with Crippen LogP contribution in [0.2, 0.25) is 0 Å². The van der Waals surface area contributed by atoms with Gasteiger partial charge in [0.2, 0.25) is 0 Å². The van der Waals surface area contributed by atoms with E-state index in [1.54, 1.807) is 0 Å². The minimum Gasteiger partial charge on any atom is -0.466 e. The van der Waals surface area contributed by atoms with Crippen molar-refractivity contribution in [3.05, 3.63) is 40.3 Å². The molecule has 0 unspecified atom stereocenters. The maximum absolute atomic E-state index is 13.9. The molecule has 4 fully saturated rings. The lowest BCUT2D eigenvalue weighted by Crippen LogP contribution is -2.58. The summed E-state index contributed by atoms with van der Waals surface area (Å²) < 4.78 is 7.19. The average Bonchev–Trinajstić information content (AvgIpc) is 3.07. The van der Waals surface area contributed by atoms with Crippen LogP contribution < -0.4 is 5.56 Å². The van der Waals surface area contributed by atoms with Crippen LogP contribution in [0.1, 0.15) is 109 Å². The molecule has 2 aromatic rings. The molecule has 0 N–H and O–H groups in total. The van der Waals surface area contributed by atoms with Gasteiger partial charge in [0.25, 0.3) is 5.56 Å². The Labute approximate surface area is 227 Å². The van der Waals surface area contributed by atoms with Crippen LogP contribution in [-0.4, -0.2) is 45.2 Å². The smallest absolute Gasteiger partial charge is 0.305 e. The second-order valence-corrected chi connectivity index (χ2v) is 12.6. The molecule has 1 aromatic heterocycles. The van der Waals surface area contributed by atoms with Crippen molar-refractivity contribution in [2.45, 2.75) is 127 Å². The molecule has 0 amide bonds. The first-order chi connectivity index (χ1) is 18.6. The zero-order chi connectivity index (χ0) is 26.1. The van der Waals surface area contributed by atoms with Crippen LogP contribution in [0.4, 0.5) is 0 Å². The van der Waals surface area contributed by atoms with Gasteiger partial charge in [-0.25, -0.2) is 4.98 Å². The Kier molecular flexibility index (Phi) is 7.87. The largest absolute Gasteiger partial charge is 0.466 e. The van der Waals surface area contributed by atoms with Crippen molar-refractivity contribution in [3.63, 3.8) is 0 Å². The zero-order valence-electron chi connectivity index (χ0n) is 23.2. The molecule has 206 valence electrons. The summed E-state index contributed by atoms with van der Waals surface area (Å²) in [5.41, 5.74) is 2.50. The van der Waals surface area contributed by atoms with E-state index in [-0.39, 0.29) is 17.6 Å². The van der Waals surface area contributed by atoms with E-state index in [9.17, 15) is 9.59 Å². The minimum absolute atomic E-state index is 0.0489. The monoisotopic (exact) mass is 519 g/mol. The van der Waals surface area contributed by atoms with Gasteiger partial charge in [0.15, 0.2) is 0 Å². The molecule has 6 heteroatoms. The number of hydrogen-bond donors (Lipinski definition) is 0. The summed E-state index contributed by atoms with van der Waals surface area (Å²) in [6.07, 6.45) is 17.4. The lowest BCUT2D eigenvalue weighted by Gasteiger charge is -2.54. The van der Waals surface area contributed by atoms with Gasteiger partial charge in [-0.2, -0.15) is 0 Å². The number of fused-ring (bicyclic) bond motifs is 5. The molecule has 6 nitrogen and oxygen atoms in total. The second kappa shape index (κ2) is 11.5. The van der Waals surface area contributed by atoms with Gasteiger partial charge >= 0.3 is 5.97 Å². The highest BCUT2D eigenvalue weighted by atomic mass is 16.5. The van der Waals surface area contributed by atoms with E-state index in [1.807, 2.05) is 25.1 Å². The van der Waals surface area contributed by atoms with Crippen molar-refractivity contribution in [1.82, 2.24) is 14.5 Å². The number of nitrogens with zero attached hydrogens (tertiary/aromatic N) is 3. The van der Waals surface area contributed by atoms with Crippen LogP contribution in [0.15, 0.2) is 29.1 Å². The number of hydrogen-bond acceptors (Lipinski definition) is 5. The summed E-state index contributed by atoms with van der Waals surface area (Å²) >= 11 is 0. The molecule has 4 aliphatic rings. The highest BCUT2D eigenvalue weighted by Crippen LogP contribution is 2.47. The molecule has 6 rings (SSSR count). The van der Waals surface area contributed by atoms with E-state index >= 15 is 0 Å². The summed E-state index contributed by atoms with van der Waals surface area (Å²) in [7, 11) is 0. The number of rotatable bonds is 7. The maximum atomic E-state index is 13.9. The number of para-hydroxylation sites is 2. The van der Waals surface area contributed by atoms with Gasteiger partial charge in [-0.15, -0.1) is 0 Å². The maximum Gasteiger partial charge on any atom is 0.305 e. The van der Waals surface area contributed by atoms with Crippen molar-refractivity contribution in [2.75, 3.05) is 6.61 Å². The van der Waals surface area contributed by atoms with Gasteiger partial charge in [0, 0.05) is 30.6 Å². The molecule has 2 aliphatic heterocycles. The Balaban J connectivity index is 1.25. The lowest BCUT2D eigenvalue weighted by molar-refractivity contribution is -0.143. The SMILES string of the molecule is CCOC(=O)CCCc1nc2ccccc2n(C2C[C@H]3CCC[C@H](C2)N3C2C[C@@H]3CCCC[C@@H](C2)C3)c1=O. The molecule has 0 spiro atoms. The van der Waals surface area contributed by atoms with E-state index in [2.05, 4.69) is 15.5 Å².